The van der Waals surface area contributed by atoms with E-state index in [0.29, 0.717) is 6.42 Å². The SMILES string of the molecule is Cc1ccc2scc(CC(N)C(=O)O)c2c1. The van der Waals surface area contributed by atoms with Crippen LogP contribution < -0.4 is 5.73 Å². The maximum Gasteiger partial charge on any atom is 0.320 e. The Morgan fingerprint density at radius 3 is 3.00 bits per heavy atom. The quantitative estimate of drug-likeness (QED) is 0.857. The second-order valence-corrected chi connectivity index (χ2v) is 4.82. The largest absolute Gasteiger partial charge is 0.480 e. The fourth-order valence-corrected chi connectivity index (χ4v) is 2.63. The van der Waals surface area contributed by atoms with Crippen LogP contribution in [-0.4, -0.2) is 17.1 Å². The van der Waals surface area contributed by atoms with E-state index < -0.39 is 12.0 Å². The Balaban J connectivity index is 2.37. The minimum absolute atomic E-state index is 0.388. The first kappa shape index (κ1) is 11.1. The summed E-state index contributed by atoms with van der Waals surface area (Å²) in [6, 6.07) is 5.37. The van der Waals surface area contributed by atoms with Crippen molar-refractivity contribution in [1.82, 2.24) is 0 Å². The summed E-state index contributed by atoms with van der Waals surface area (Å²) in [6.07, 6.45) is 0.388. The minimum atomic E-state index is -0.952. The zero-order valence-electron chi connectivity index (χ0n) is 8.93. The Morgan fingerprint density at radius 1 is 1.56 bits per heavy atom. The number of thiophene rings is 1. The van der Waals surface area contributed by atoms with Crippen molar-refractivity contribution in [2.24, 2.45) is 5.73 Å². The van der Waals surface area contributed by atoms with E-state index in [2.05, 4.69) is 18.2 Å². The molecule has 0 spiro atoms. The number of rotatable bonds is 3. The molecule has 0 bridgehead atoms. The van der Waals surface area contributed by atoms with Crippen LogP contribution >= 0.6 is 11.3 Å². The number of fused-ring (bicyclic) bond motifs is 1. The molecule has 0 fully saturated rings. The topological polar surface area (TPSA) is 63.3 Å². The molecule has 1 atom stereocenters. The third kappa shape index (κ3) is 2.08. The van der Waals surface area contributed by atoms with Crippen LogP contribution in [0.1, 0.15) is 11.1 Å². The van der Waals surface area contributed by atoms with E-state index in [4.69, 9.17) is 10.8 Å². The lowest BCUT2D eigenvalue weighted by atomic mass is 10.0. The Hall–Kier alpha value is -1.39. The summed E-state index contributed by atoms with van der Waals surface area (Å²) in [5.74, 6) is -0.952. The molecule has 0 aliphatic heterocycles. The number of nitrogens with two attached hydrogens (primary N) is 1. The number of carbonyl (C=O) groups is 1. The van der Waals surface area contributed by atoms with Gasteiger partial charge in [0.05, 0.1) is 0 Å². The van der Waals surface area contributed by atoms with Gasteiger partial charge in [0.2, 0.25) is 0 Å². The molecule has 2 aromatic rings. The molecule has 16 heavy (non-hydrogen) atoms. The molecule has 1 heterocycles. The molecule has 1 aromatic carbocycles. The van der Waals surface area contributed by atoms with Crippen LogP contribution in [0.25, 0.3) is 10.1 Å². The molecule has 1 aromatic heterocycles. The van der Waals surface area contributed by atoms with Gasteiger partial charge in [0.25, 0.3) is 0 Å². The summed E-state index contributed by atoms with van der Waals surface area (Å²) in [7, 11) is 0. The van der Waals surface area contributed by atoms with Gasteiger partial charge in [-0.2, -0.15) is 0 Å². The first-order valence-corrected chi connectivity index (χ1v) is 5.91. The molecule has 2 rings (SSSR count). The van der Waals surface area contributed by atoms with E-state index in [9.17, 15) is 4.79 Å². The van der Waals surface area contributed by atoms with Crippen molar-refractivity contribution in [3.63, 3.8) is 0 Å². The van der Waals surface area contributed by atoms with Crippen LogP contribution in [0.3, 0.4) is 0 Å². The van der Waals surface area contributed by atoms with Gasteiger partial charge in [-0.15, -0.1) is 11.3 Å². The maximum atomic E-state index is 10.7. The normalized spacial score (nSPS) is 12.9. The van der Waals surface area contributed by atoms with Gasteiger partial charge in [-0.05, 0) is 35.7 Å². The molecule has 0 radical (unpaired) electrons. The highest BCUT2D eigenvalue weighted by Crippen LogP contribution is 2.27. The van der Waals surface area contributed by atoms with Crippen LogP contribution in [0.15, 0.2) is 23.6 Å². The van der Waals surface area contributed by atoms with Crippen molar-refractivity contribution in [1.29, 1.82) is 0 Å². The summed E-state index contributed by atoms with van der Waals surface area (Å²) < 4.78 is 1.18. The Bertz CT molecular complexity index is 533. The summed E-state index contributed by atoms with van der Waals surface area (Å²) in [5.41, 5.74) is 7.75. The average molecular weight is 235 g/mol. The number of hydrogen-bond donors (Lipinski definition) is 2. The van der Waals surface area contributed by atoms with Crippen LogP contribution in [0.5, 0.6) is 0 Å². The molecule has 0 aliphatic rings. The highest BCUT2D eigenvalue weighted by atomic mass is 32.1. The predicted octanol–water partition coefficient (Wildman–Crippen LogP) is 2.16. The van der Waals surface area contributed by atoms with Gasteiger partial charge in [-0.25, -0.2) is 0 Å². The molecule has 0 saturated carbocycles. The number of aryl methyl sites for hydroxylation is 1. The molecule has 0 saturated heterocycles. The van der Waals surface area contributed by atoms with Crippen molar-refractivity contribution >= 4 is 27.4 Å². The van der Waals surface area contributed by atoms with E-state index in [1.54, 1.807) is 11.3 Å². The lowest BCUT2D eigenvalue weighted by Gasteiger charge is -2.05. The van der Waals surface area contributed by atoms with Gasteiger partial charge in [0.1, 0.15) is 6.04 Å². The van der Waals surface area contributed by atoms with Crippen molar-refractivity contribution in [3.8, 4) is 0 Å². The van der Waals surface area contributed by atoms with Crippen molar-refractivity contribution < 1.29 is 9.90 Å². The Kier molecular flexibility index (Phi) is 2.94. The fraction of sp³-hybridized carbons (Fsp3) is 0.250. The van der Waals surface area contributed by atoms with Crippen LogP contribution in [-0.2, 0) is 11.2 Å². The van der Waals surface area contributed by atoms with Crippen molar-refractivity contribution in [2.45, 2.75) is 19.4 Å². The van der Waals surface area contributed by atoms with Gasteiger partial charge in [0, 0.05) is 4.70 Å². The molecular formula is C12H13NO2S. The molecule has 3 nitrogen and oxygen atoms in total. The molecule has 4 heteroatoms. The van der Waals surface area contributed by atoms with Crippen molar-refractivity contribution in [3.05, 3.63) is 34.7 Å². The number of carboxylic acid groups (broad SMARTS) is 1. The van der Waals surface area contributed by atoms with E-state index in [0.717, 1.165) is 10.9 Å². The second-order valence-electron chi connectivity index (χ2n) is 3.91. The molecule has 0 aliphatic carbocycles. The smallest absolute Gasteiger partial charge is 0.320 e. The monoisotopic (exact) mass is 235 g/mol. The fourth-order valence-electron chi connectivity index (χ4n) is 1.68. The third-order valence-electron chi connectivity index (χ3n) is 2.57. The lowest BCUT2D eigenvalue weighted by molar-refractivity contribution is -0.138. The third-order valence-corrected chi connectivity index (χ3v) is 3.58. The Labute approximate surface area is 97.5 Å². The molecule has 3 N–H and O–H groups in total. The van der Waals surface area contributed by atoms with E-state index in [1.165, 1.54) is 10.3 Å². The van der Waals surface area contributed by atoms with Gasteiger partial charge in [0.15, 0.2) is 0 Å². The van der Waals surface area contributed by atoms with Gasteiger partial charge in [-0.1, -0.05) is 17.7 Å². The van der Waals surface area contributed by atoms with Gasteiger partial charge in [-0.3, -0.25) is 4.79 Å². The number of hydrogen-bond acceptors (Lipinski definition) is 3. The Morgan fingerprint density at radius 2 is 2.31 bits per heavy atom. The summed E-state index contributed by atoms with van der Waals surface area (Å²) in [5, 5.41) is 11.9. The van der Waals surface area contributed by atoms with E-state index in [1.807, 2.05) is 12.3 Å². The van der Waals surface area contributed by atoms with Crippen LogP contribution in [0, 0.1) is 6.92 Å². The zero-order chi connectivity index (χ0) is 11.7. The average Bonchev–Trinajstić information content (AvgIpc) is 2.61. The molecule has 0 amide bonds. The summed E-state index contributed by atoms with van der Waals surface area (Å²) in [6.45, 7) is 2.03. The minimum Gasteiger partial charge on any atom is -0.480 e. The number of benzene rings is 1. The maximum absolute atomic E-state index is 10.7. The molecule has 84 valence electrons. The molecule has 1 unspecified atom stereocenters. The zero-order valence-corrected chi connectivity index (χ0v) is 9.75. The van der Waals surface area contributed by atoms with E-state index in [-0.39, 0.29) is 0 Å². The van der Waals surface area contributed by atoms with Crippen LogP contribution in [0.2, 0.25) is 0 Å². The predicted molar refractivity (Wildman–Crippen MR) is 65.9 cm³/mol. The highest BCUT2D eigenvalue weighted by Gasteiger charge is 2.14. The number of aliphatic carboxylic acids is 1. The highest BCUT2D eigenvalue weighted by molar-refractivity contribution is 7.17. The first-order valence-electron chi connectivity index (χ1n) is 5.03. The van der Waals surface area contributed by atoms with Gasteiger partial charge < -0.3 is 10.8 Å². The lowest BCUT2D eigenvalue weighted by Crippen LogP contribution is -2.32. The van der Waals surface area contributed by atoms with Crippen molar-refractivity contribution in [2.75, 3.05) is 0 Å². The van der Waals surface area contributed by atoms with E-state index >= 15 is 0 Å². The second kappa shape index (κ2) is 4.23. The summed E-state index contributed by atoms with van der Waals surface area (Å²) >= 11 is 1.63. The standard InChI is InChI=1S/C12H13NO2S/c1-7-2-3-11-9(4-7)8(6-16-11)5-10(13)12(14)15/h2-4,6,10H,5,13H2,1H3,(H,14,15). The number of carboxylic acids is 1. The summed E-state index contributed by atoms with van der Waals surface area (Å²) in [4.78, 5) is 10.7. The van der Waals surface area contributed by atoms with Gasteiger partial charge >= 0.3 is 5.97 Å². The molecular weight excluding hydrogens is 222 g/mol. The van der Waals surface area contributed by atoms with Crippen LogP contribution in [0.4, 0.5) is 0 Å². The first-order chi connectivity index (χ1) is 7.58.